The van der Waals surface area contributed by atoms with Crippen molar-refractivity contribution in [1.29, 1.82) is 0 Å². The summed E-state index contributed by atoms with van der Waals surface area (Å²) < 4.78 is 0. The molecule has 0 aromatic heterocycles. The first kappa shape index (κ1) is 14.9. The number of carbonyl (C=O) groups is 2. The van der Waals surface area contributed by atoms with E-state index in [1.165, 1.54) is 4.90 Å². The molecule has 1 heterocycles. The molecule has 22 heavy (non-hydrogen) atoms. The Morgan fingerprint density at radius 1 is 1.09 bits per heavy atom. The van der Waals surface area contributed by atoms with E-state index in [1.807, 2.05) is 0 Å². The number of nitrogens with zero attached hydrogens (tertiary/aromatic N) is 1. The van der Waals surface area contributed by atoms with Crippen LogP contribution < -0.4 is 10.2 Å². The van der Waals surface area contributed by atoms with Crippen LogP contribution in [0.15, 0.2) is 42.5 Å². The topological polar surface area (TPSA) is 49.4 Å². The fraction of sp³-hybridized carbons (Fsp3) is 0.125. The molecule has 0 aliphatic carbocycles. The molecule has 0 atom stereocenters. The fourth-order valence-corrected chi connectivity index (χ4v) is 2.77. The number of benzene rings is 2. The molecule has 0 radical (unpaired) electrons. The third-order valence-electron chi connectivity index (χ3n) is 3.43. The number of carbonyl (C=O) groups excluding carboxylic acids is 2. The van der Waals surface area contributed by atoms with Crippen LogP contribution in [0, 0.1) is 0 Å². The second-order valence-corrected chi connectivity index (χ2v) is 5.80. The van der Waals surface area contributed by atoms with Gasteiger partial charge in [-0.15, -0.1) is 0 Å². The van der Waals surface area contributed by atoms with Gasteiger partial charge in [-0.1, -0.05) is 29.3 Å². The summed E-state index contributed by atoms with van der Waals surface area (Å²) >= 11 is 11.8. The van der Waals surface area contributed by atoms with Crippen molar-refractivity contribution >= 4 is 46.4 Å². The average Bonchev–Trinajstić information content (AvgIpc) is 2.48. The molecular weight excluding hydrogens is 323 g/mol. The Kier molecular flexibility index (Phi) is 4.05. The van der Waals surface area contributed by atoms with Gasteiger partial charge in [0.2, 0.25) is 0 Å². The summed E-state index contributed by atoms with van der Waals surface area (Å²) in [5, 5.41) is 3.80. The van der Waals surface area contributed by atoms with Gasteiger partial charge >= 0.3 is 6.03 Å². The lowest BCUT2D eigenvalue weighted by Crippen LogP contribution is -2.40. The summed E-state index contributed by atoms with van der Waals surface area (Å²) in [5.41, 5.74) is 1.64. The van der Waals surface area contributed by atoms with E-state index in [4.69, 9.17) is 23.2 Å². The molecule has 2 amide bonds. The minimum Gasteiger partial charge on any atom is -0.307 e. The summed E-state index contributed by atoms with van der Waals surface area (Å²) in [6.07, 6.45) is 0.274. The lowest BCUT2D eigenvalue weighted by molar-refractivity contribution is 0.0981. The van der Waals surface area contributed by atoms with Gasteiger partial charge in [-0.3, -0.25) is 9.69 Å². The molecule has 1 aliphatic heterocycles. The highest BCUT2D eigenvalue weighted by Gasteiger charge is 2.27. The fourth-order valence-electron chi connectivity index (χ4n) is 2.40. The molecule has 0 spiro atoms. The molecular formula is C16H12Cl2N2O2. The van der Waals surface area contributed by atoms with Crippen LogP contribution >= 0.6 is 23.2 Å². The normalized spacial score (nSPS) is 13.7. The Bertz CT molecular complexity index is 762. The molecule has 2 aromatic carbocycles. The number of rotatable bonds is 1. The summed E-state index contributed by atoms with van der Waals surface area (Å²) in [6, 6.07) is 11.5. The van der Waals surface area contributed by atoms with E-state index in [1.54, 1.807) is 42.5 Å². The zero-order valence-electron chi connectivity index (χ0n) is 11.5. The maximum atomic E-state index is 12.5. The molecule has 6 heteroatoms. The summed E-state index contributed by atoms with van der Waals surface area (Å²) in [5.74, 6) is -0.00990. The van der Waals surface area contributed by atoms with Crippen LogP contribution in [-0.2, 0) is 0 Å². The predicted molar refractivity (Wildman–Crippen MR) is 88.2 cm³/mol. The summed E-state index contributed by atoms with van der Waals surface area (Å²) in [4.78, 5) is 26.0. The van der Waals surface area contributed by atoms with Crippen molar-refractivity contribution in [1.82, 2.24) is 0 Å². The van der Waals surface area contributed by atoms with Crippen molar-refractivity contribution in [3.05, 3.63) is 58.1 Å². The number of nitrogens with one attached hydrogen (secondary N) is 1. The minimum atomic E-state index is -0.307. The molecule has 1 N–H and O–H groups in total. The van der Waals surface area contributed by atoms with E-state index < -0.39 is 0 Å². The van der Waals surface area contributed by atoms with Crippen LogP contribution in [0.1, 0.15) is 16.8 Å². The SMILES string of the molecule is O=C1CCN(C(=O)Nc2cccc(Cl)c2)c2ccc(Cl)cc21. The van der Waals surface area contributed by atoms with Gasteiger partial charge in [-0.25, -0.2) is 4.79 Å². The van der Waals surface area contributed by atoms with E-state index in [0.717, 1.165) is 0 Å². The number of fused-ring (bicyclic) bond motifs is 1. The Morgan fingerprint density at radius 2 is 1.86 bits per heavy atom. The summed E-state index contributed by atoms with van der Waals surface area (Å²) in [7, 11) is 0. The lowest BCUT2D eigenvalue weighted by Gasteiger charge is -2.28. The maximum Gasteiger partial charge on any atom is 0.326 e. The molecule has 112 valence electrons. The zero-order valence-corrected chi connectivity index (χ0v) is 13.0. The molecule has 0 unspecified atom stereocenters. The molecule has 1 aliphatic rings. The Balaban J connectivity index is 1.88. The number of ketones is 1. The molecule has 0 saturated heterocycles. The van der Waals surface area contributed by atoms with Crippen molar-refractivity contribution in [2.45, 2.75) is 6.42 Å². The lowest BCUT2D eigenvalue weighted by atomic mass is 10.0. The van der Waals surface area contributed by atoms with E-state index in [2.05, 4.69) is 5.32 Å². The Morgan fingerprint density at radius 3 is 2.64 bits per heavy atom. The highest BCUT2D eigenvalue weighted by atomic mass is 35.5. The number of urea groups is 1. The van der Waals surface area contributed by atoms with Crippen LogP contribution in [0.2, 0.25) is 10.0 Å². The number of hydrogen-bond donors (Lipinski definition) is 1. The van der Waals surface area contributed by atoms with Gasteiger partial charge in [0.25, 0.3) is 0 Å². The first-order valence-electron chi connectivity index (χ1n) is 6.71. The predicted octanol–water partition coefficient (Wildman–Crippen LogP) is 4.62. The number of halogens is 2. The van der Waals surface area contributed by atoms with Gasteiger partial charge in [0.15, 0.2) is 5.78 Å². The minimum absolute atomic E-state index is 0.00990. The highest BCUT2D eigenvalue weighted by molar-refractivity contribution is 6.31. The molecule has 0 fully saturated rings. The highest BCUT2D eigenvalue weighted by Crippen LogP contribution is 2.30. The smallest absolute Gasteiger partial charge is 0.307 e. The molecule has 0 bridgehead atoms. The molecule has 0 saturated carbocycles. The second kappa shape index (κ2) is 5.99. The Hall–Kier alpha value is -2.04. The van der Waals surface area contributed by atoms with Gasteiger partial charge < -0.3 is 5.32 Å². The van der Waals surface area contributed by atoms with Gasteiger partial charge in [0.1, 0.15) is 0 Å². The zero-order chi connectivity index (χ0) is 15.7. The van der Waals surface area contributed by atoms with E-state index in [9.17, 15) is 9.59 Å². The first-order valence-corrected chi connectivity index (χ1v) is 7.47. The number of anilines is 2. The van der Waals surface area contributed by atoms with Gasteiger partial charge in [0, 0.05) is 34.3 Å². The average molecular weight is 335 g/mol. The van der Waals surface area contributed by atoms with Crippen LogP contribution in [-0.4, -0.2) is 18.4 Å². The van der Waals surface area contributed by atoms with E-state index in [0.29, 0.717) is 33.5 Å². The molecule has 3 rings (SSSR count). The quantitative estimate of drug-likeness (QED) is 0.827. The van der Waals surface area contributed by atoms with Crippen molar-refractivity contribution < 1.29 is 9.59 Å². The van der Waals surface area contributed by atoms with E-state index >= 15 is 0 Å². The monoisotopic (exact) mass is 334 g/mol. The van der Waals surface area contributed by atoms with Gasteiger partial charge in [-0.2, -0.15) is 0 Å². The van der Waals surface area contributed by atoms with Crippen LogP contribution in [0.25, 0.3) is 0 Å². The summed E-state index contributed by atoms with van der Waals surface area (Å²) in [6.45, 7) is 0.333. The number of amides is 2. The molecule has 4 nitrogen and oxygen atoms in total. The largest absolute Gasteiger partial charge is 0.326 e. The standard InChI is InChI=1S/C16H12Cl2N2O2/c17-10-2-1-3-12(8-10)19-16(22)20-7-6-15(21)13-9-11(18)4-5-14(13)20/h1-5,8-9H,6-7H2,(H,19,22). The van der Waals surface area contributed by atoms with Crippen molar-refractivity contribution in [2.24, 2.45) is 0 Å². The number of Topliss-reactive ketones (excluding diaryl/α,β-unsaturated/α-hetero) is 1. The van der Waals surface area contributed by atoms with Crippen LogP contribution in [0.5, 0.6) is 0 Å². The van der Waals surface area contributed by atoms with Gasteiger partial charge in [-0.05, 0) is 36.4 Å². The number of hydrogen-bond acceptors (Lipinski definition) is 2. The van der Waals surface area contributed by atoms with Crippen molar-refractivity contribution in [3.8, 4) is 0 Å². The van der Waals surface area contributed by atoms with Crippen molar-refractivity contribution in [3.63, 3.8) is 0 Å². The second-order valence-electron chi connectivity index (χ2n) is 4.93. The maximum absolute atomic E-state index is 12.5. The first-order chi connectivity index (χ1) is 10.5. The Labute approximate surface area is 137 Å². The van der Waals surface area contributed by atoms with Crippen LogP contribution in [0.3, 0.4) is 0 Å². The van der Waals surface area contributed by atoms with E-state index in [-0.39, 0.29) is 18.2 Å². The third kappa shape index (κ3) is 2.93. The van der Waals surface area contributed by atoms with Crippen LogP contribution in [0.4, 0.5) is 16.2 Å². The molecule has 2 aromatic rings. The van der Waals surface area contributed by atoms with Gasteiger partial charge in [0.05, 0.1) is 5.69 Å². The van der Waals surface area contributed by atoms with Crippen molar-refractivity contribution in [2.75, 3.05) is 16.8 Å². The third-order valence-corrected chi connectivity index (χ3v) is 3.90.